The third-order valence-electron chi connectivity index (χ3n) is 1.07. The molecule has 56 valence electrons. The van der Waals surface area contributed by atoms with Crippen LogP contribution < -0.4 is 5.32 Å². The fourth-order valence-electron chi connectivity index (χ4n) is 0.394. The van der Waals surface area contributed by atoms with Gasteiger partial charge in [0, 0.05) is 6.54 Å². The zero-order valence-corrected chi connectivity index (χ0v) is 6.94. The molecule has 0 saturated carbocycles. The number of rotatable bonds is 4. The molecule has 1 atom stereocenters. The summed E-state index contributed by atoms with van der Waals surface area (Å²) in [5, 5.41) is 7.09. The molecule has 0 aliphatic rings. The van der Waals surface area contributed by atoms with Crippen molar-refractivity contribution in [1.82, 2.24) is 5.32 Å². The summed E-state index contributed by atoms with van der Waals surface area (Å²) in [6.45, 7) is 3.70. The first-order chi connectivity index (χ1) is 4.52. The van der Waals surface area contributed by atoms with Crippen LogP contribution in [-0.4, -0.2) is 39.3 Å². The average molecular weight is 153 g/mol. The van der Waals surface area contributed by atoms with E-state index >= 15 is 0 Å². The van der Waals surface area contributed by atoms with Crippen LogP contribution in [0.5, 0.6) is 0 Å². The Kier molecular flexibility index (Phi) is 2.70. The maximum absolute atomic E-state index is 11.3. The van der Waals surface area contributed by atoms with Crippen molar-refractivity contribution in [3.8, 4) is 0 Å². The van der Waals surface area contributed by atoms with E-state index in [0.29, 0.717) is 6.54 Å². The van der Waals surface area contributed by atoms with Gasteiger partial charge in [-0.05, 0) is 20.4 Å². The monoisotopic (exact) mass is 153 g/mol. The van der Waals surface area contributed by atoms with E-state index in [9.17, 15) is 4.57 Å². The van der Waals surface area contributed by atoms with E-state index in [-0.39, 0.29) is 0 Å². The molecule has 0 fully saturated rings. The predicted molar refractivity (Wildman–Crippen MR) is 39.4 cm³/mol. The molecule has 0 aliphatic heterocycles. The van der Waals surface area contributed by atoms with Crippen LogP contribution in [0.1, 0.15) is 0 Å². The molecule has 3 nitrogen and oxygen atoms in total. The van der Waals surface area contributed by atoms with E-state index in [1.165, 1.54) is 0 Å². The lowest BCUT2D eigenvalue weighted by molar-refractivity contribution is 0.247. The molecule has 0 saturated heterocycles. The van der Waals surface area contributed by atoms with E-state index < -0.39 is 13.0 Å². The summed E-state index contributed by atoms with van der Waals surface area (Å²) in [5.41, 5.74) is 0. The molecule has 0 aliphatic carbocycles. The molecular weight excluding hydrogens is 137 g/mol. The molecule has 9 heavy (non-hydrogen) atoms. The van der Waals surface area contributed by atoms with Crippen LogP contribution in [0.3, 0.4) is 0 Å². The smallest absolute Gasteiger partial charge is 0.211 e. The van der Waals surface area contributed by atoms with Gasteiger partial charge in [0.15, 0.2) is 0 Å². The summed E-state index contributed by atoms with van der Waals surface area (Å²) < 4.78 is 17.9. The summed E-state index contributed by atoms with van der Waals surface area (Å²) in [6, 6.07) is 0. The third kappa shape index (κ3) is 3.68. The molecule has 0 amide bonds. The Hall–Kier alpha value is 0.150. The zero-order chi connectivity index (χ0) is 8.20. The van der Waals surface area contributed by atoms with Crippen molar-refractivity contribution >= 4 is 7.14 Å². The number of likely N-dealkylation sites (N-methyl/N-ethyl adjacent to an activating group) is 1. The van der Waals surface area contributed by atoms with Gasteiger partial charge in [-0.3, -0.25) is 0 Å². The Morgan fingerprint density at radius 2 is 2.44 bits per heavy atom. The second-order valence-electron chi connectivity index (χ2n) is 2.45. The summed E-state index contributed by atoms with van der Waals surface area (Å²) in [7, 11) is -0.527. The lowest BCUT2D eigenvalue weighted by Gasteiger charge is -2.13. The van der Waals surface area contributed by atoms with Crippen LogP contribution in [0.15, 0.2) is 0 Å². The van der Waals surface area contributed by atoms with Crippen molar-refractivity contribution < 1.29 is 9.67 Å². The second kappa shape index (κ2) is 3.35. The van der Waals surface area contributed by atoms with Gasteiger partial charge in [-0.2, -0.15) is 0 Å². The lowest BCUT2D eigenvalue weighted by Crippen LogP contribution is -2.22. The van der Waals surface area contributed by atoms with Crippen LogP contribution in [0.2, 0.25) is 0 Å². The standard InChI is InChI=1S/C5H14NO2P/c1-6-4-5(7)9(2,3)8/h5-7H,4H2,1-3H3/i7T. The van der Waals surface area contributed by atoms with Gasteiger partial charge in [0.1, 0.15) is 13.0 Å². The Morgan fingerprint density at radius 3 is 2.56 bits per heavy atom. The summed E-state index contributed by atoms with van der Waals surface area (Å²) >= 11 is 0. The van der Waals surface area contributed by atoms with Gasteiger partial charge in [0.05, 0.1) is 0 Å². The molecule has 0 aromatic rings. The van der Waals surface area contributed by atoms with Crippen molar-refractivity contribution in [2.45, 2.75) is 5.85 Å². The van der Waals surface area contributed by atoms with Crippen molar-refractivity contribution in [2.24, 2.45) is 0 Å². The number of hydrogen-bond donors (Lipinski definition) is 2. The Labute approximate surface area is 57.3 Å². The fourth-order valence-corrected chi connectivity index (χ4v) is 1.02. The highest BCUT2D eigenvalue weighted by Gasteiger charge is 2.18. The van der Waals surface area contributed by atoms with Crippen molar-refractivity contribution in [3.63, 3.8) is 0 Å². The number of aliphatic hydroxyl groups excluding tert-OH is 1. The Morgan fingerprint density at radius 1 is 1.89 bits per heavy atom. The number of hydrogen-bond acceptors (Lipinski definition) is 3. The normalized spacial score (nSPS) is 17.0. The summed E-state index contributed by atoms with van der Waals surface area (Å²) in [5.74, 6) is -0.475. The van der Waals surface area contributed by atoms with E-state index in [1.54, 1.807) is 20.4 Å². The van der Waals surface area contributed by atoms with E-state index in [4.69, 9.17) is 1.43 Å². The molecule has 0 spiro atoms. The molecule has 0 radical (unpaired) electrons. The van der Waals surface area contributed by atoms with Crippen LogP contribution in [0.25, 0.3) is 0 Å². The van der Waals surface area contributed by atoms with E-state index in [1.807, 2.05) is 0 Å². The molecule has 0 rings (SSSR count). The quantitative estimate of drug-likeness (QED) is 0.565. The molecule has 1 unspecified atom stereocenters. The van der Waals surface area contributed by atoms with Gasteiger partial charge in [0.25, 0.3) is 0 Å². The van der Waals surface area contributed by atoms with Crippen LogP contribution in [0.4, 0.5) is 0 Å². The van der Waals surface area contributed by atoms with E-state index in [0.717, 1.165) is 0 Å². The van der Waals surface area contributed by atoms with Crippen LogP contribution in [-0.2, 0) is 4.57 Å². The van der Waals surface area contributed by atoms with Crippen molar-refractivity contribution in [3.05, 3.63) is 0 Å². The van der Waals surface area contributed by atoms with Crippen molar-refractivity contribution in [1.29, 1.82) is 1.43 Å². The topological polar surface area (TPSA) is 49.3 Å². The van der Waals surface area contributed by atoms with Gasteiger partial charge < -0.3 is 15.0 Å². The SMILES string of the molecule is [3H]OC(CNC)P(C)(C)=O. The van der Waals surface area contributed by atoms with E-state index in [2.05, 4.69) is 10.4 Å². The average Bonchev–Trinajstić information content (AvgIpc) is 1.80. The number of nitrogens with one attached hydrogen (secondary N) is 1. The Bertz CT molecular complexity index is 136. The fraction of sp³-hybridized carbons (Fsp3) is 1.00. The lowest BCUT2D eigenvalue weighted by atomic mass is 10.7. The molecule has 0 aromatic carbocycles. The minimum absolute atomic E-state index is 0.466. The largest absolute Gasteiger partial charge is 0.384 e. The second-order valence-corrected chi connectivity index (χ2v) is 5.89. The summed E-state index contributed by atoms with van der Waals surface area (Å²) in [4.78, 5) is 0. The highest BCUT2D eigenvalue weighted by atomic mass is 31.2. The van der Waals surface area contributed by atoms with Gasteiger partial charge in [-0.15, -0.1) is 0 Å². The van der Waals surface area contributed by atoms with Crippen LogP contribution >= 0.6 is 7.14 Å². The van der Waals surface area contributed by atoms with Gasteiger partial charge in [0.2, 0.25) is 1.43 Å². The maximum Gasteiger partial charge on any atom is 0.211 e. The first-order valence-electron chi connectivity index (χ1n) is 3.24. The first kappa shape index (κ1) is 7.26. The Balaban J connectivity index is 3.94. The molecule has 0 aromatic heterocycles. The first-order valence-corrected chi connectivity index (χ1v) is 5.50. The van der Waals surface area contributed by atoms with Gasteiger partial charge in [-0.25, -0.2) is 0 Å². The third-order valence-corrected chi connectivity index (χ3v) is 2.64. The highest BCUT2D eigenvalue weighted by Crippen LogP contribution is 2.40. The maximum atomic E-state index is 11.3. The van der Waals surface area contributed by atoms with Gasteiger partial charge in [-0.1, -0.05) is 0 Å². The van der Waals surface area contributed by atoms with Crippen molar-refractivity contribution in [2.75, 3.05) is 26.9 Å². The highest BCUT2D eigenvalue weighted by molar-refractivity contribution is 7.62. The zero-order valence-electron chi connectivity index (χ0n) is 7.05. The molecule has 4 heteroatoms. The van der Waals surface area contributed by atoms with Crippen LogP contribution in [0, 0.1) is 0 Å². The minimum Gasteiger partial charge on any atom is -0.384 e. The molecular formula is C5H14NO2P. The molecule has 0 heterocycles. The number of aliphatic hydroxyl groups is 1. The minimum atomic E-state index is -2.26. The van der Waals surface area contributed by atoms with Gasteiger partial charge >= 0.3 is 0 Å². The summed E-state index contributed by atoms with van der Waals surface area (Å²) in [6.07, 6.45) is 0. The molecule has 0 bridgehead atoms. The molecule has 2 N–H and O–H groups in total. The predicted octanol–water partition coefficient (Wildman–Crippen LogP) is 0.147.